The van der Waals surface area contributed by atoms with Gasteiger partial charge in [0.15, 0.2) is 16.6 Å². The molecule has 1 heterocycles. The molecule has 0 radical (unpaired) electrons. The molecule has 0 unspecified atom stereocenters. The molecule has 0 aliphatic carbocycles. The van der Waals surface area contributed by atoms with E-state index in [-0.39, 0.29) is 16.8 Å². The normalized spacial score (nSPS) is 15.5. The van der Waals surface area contributed by atoms with E-state index < -0.39 is 11.8 Å². The molecule has 1 aliphatic rings. The highest BCUT2D eigenvalue weighted by Gasteiger charge is 2.34. The maximum absolute atomic E-state index is 13.2. The Morgan fingerprint density at radius 2 is 1.84 bits per heavy atom. The molecule has 0 bridgehead atoms. The molecule has 6 nitrogen and oxygen atoms in total. The Kier molecular flexibility index (Phi) is 6.89. The molecule has 1 N–H and O–H groups in total. The third-order valence-electron chi connectivity index (χ3n) is 4.43. The number of hydrogen-bond donors (Lipinski definition) is 1. The zero-order chi connectivity index (χ0) is 22.9. The van der Waals surface area contributed by atoms with Crippen LogP contribution in [0, 0.1) is 6.92 Å². The molecule has 1 saturated heterocycles. The molecule has 9 heteroatoms. The number of hydrogen-bond acceptors (Lipinski definition) is 5. The van der Waals surface area contributed by atoms with Crippen molar-refractivity contribution in [2.75, 3.05) is 12.0 Å². The summed E-state index contributed by atoms with van der Waals surface area (Å²) in [4.78, 5) is 26.9. The van der Waals surface area contributed by atoms with E-state index in [4.69, 9.17) is 44.9 Å². The first-order chi connectivity index (χ1) is 14.6. The molecule has 0 atom stereocenters. The number of carbonyl (C=O) groups is 2. The second-order valence-corrected chi connectivity index (χ2v) is 8.29. The van der Waals surface area contributed by atoms with Gasteiger partial charge in [0.25, 0.3) is 11.8 Å². The predicted molar refractivity (Wildman–Crippen MR) is 126 cm³/mol. The zero-order valence-corrected chi connectivity index (χ0v) is 19.6. The Balaban J connectivity index is 2.03. The minimum atomic E-state index is -0.609. The van der Waals surface area contributed by atoms with Crippen LogP contribution in [0.25, 0.3) is 6.08 Å². The van der Waals surface area contributed by atoms with Gasteiger partial charge in [-0.2, -0.15) is 0 Å². The van der Waals surface area contributed by atoms with Gasteiger partial charge in [-0.25, -0.2) is 0 Å². The summed E-state index contributed by atoms with van der Waals surface area (Å²) >= 11 is 17.8. The van der Waals surface area contributed by atoms with Crippen molar-refractivity contribution < 1.29 is 19.1 Å². The lowest BCUT2D eigenvalue weighted by atomic mass is 10.1. The molecule has 2 aromatic carbocycles. The third-order valence-corrected chi connectivity index (χ3v) is 5.40. The number of nitrogens with zero attached hydrogens (tertiary/aromatic N) is 1. The van der Waals surface area contributed by atoms with Crippen molar-refractivity contribution in [3.8, 4) is 11.5 Å². The second kappa shape index (κ2) is 9.26. The maximum atomic E-state index is 13.2. The van der Waals surface area contributed by atoms with Gasteiger partial charge < -0.3 is 9.47 Å². The molecule has 0 spiro atoms. The van der Waals surface area contributed by atoms with E-state index in [1.807, 2.05) is 20.8 Å². The van der Waals surface area contributed by atoms with Gasteiger partial charge in [0.2, 0.25) is 0 Å². The summed E-state index contributed by atoms with van der Waals surface area (Å²) in [5, 5.41) is 3.29. The quantitative estimate of drug-likeness (QED) is 0.374. The van der Waals surface area contributed by atoms with Crippen molar-refractivity contribution in [2.45, 2.75) is 26.9 Å². The number of benzene rings is 2. The first-order valence-corrected chi connectivity index (χ1v) is 10.5. The van der Waals surface area contributed by atoms with Crippen molar-refractivity contribution in [1.82, 2.24) is 5.32 Å². The zero-order valence-electron chi connectivity index (χ0n) is 17.3. The van der Waals surface area contributed by atoms with E-state index in [2.05, 4.69) is 5.32 Å². The fourth-order valence-electron chi connectivity index (χ4n) is 2.95. The largest absolute Gasteiger partial charge is 0.493 e. The number of methoxy groups -OCH3 is 1. The van der Waals surface area contributed by atoms with E-state index in [0.717, 1.165) is 5.56 Å². The highest BCUT2D eigenvalue weighted by atomic mass is 35.5. The Hall–Kier alpha value is -2.61. The van der Waals surface area contributed by atoms with Crippen molar-refractivity contribution >= 4 is 64.1 Å². The number of rotatable bonds is 5. The number of thiocarbonyl (C=S) groups is 1. The number of nitrogens with one attached hydrogen (secondary N) is 1. The second-order valence-electron chi connectivity index (χ2n) is 7.09. The first-order valence-electron chi connectivity index (χ1n) is 9.34. The van der Waals surface area contributed by atoms with E-state index in [1.165, 1.54) is 18.1 Å². The number of halogens is 2. The Morgan fingerprint density at radius 3 is 2.45 bits per heavy atom. The third kappa shape index (κ3) is 4.84. The van der Waals surface area contributed by atoms with E-state index in [9.17, 15) is 9.59 Å². The van der Waals surface area contributed by atoms with E-state index in [0.29, 0.717) is 32.8 Å². The molecular formula is C22H20Cl2N2O4S. The van der Waals surface area contributed by atoms with Gasteiger partial charge in [-0.05, 0) is 74.5 Å². The molecule has 1 aliphatic heterocycles. The maximum Gasteiger partial charge on any atom is 0.270 e. The Morgan fingerprint density at radius 1 is 1.13 bits per heavy atom. The minimum absolute atomic E-state index is 0.0247. The van der Waals surface area contributed by atoms with Crippen LogP contribution in [-0.4, -0.2) is 30.1 Å². The van der Waals surface area contributed by atoms with Crippen LogP contribution in [-0.2, 0) is 9.59 Å². The van der Waals surface area contributed by atoms with Crippen molar-refractivity contribution in [3.05, 3.63) is 57.1 Å². The van der Waals surface area contributed by atoms with Crippen LogP contribution in [0.4, 0.5) is 5.69 Å². The van der Waals surface area contributed by atoms with Crippen molar-refractivity contribution in [1.29, 1.82) is 0 Å². The molecule has 31 heavy (non-hydrogen) atoms. The van der Waals surface area contributed by atoms with Gasteiger partial charge in [0, 0.05) is 5.02 Å². The van der Waals surface area contributed by atoms with Gasteiger partial charge in [0.1, 0.15) is 5.57 Å². The summed E-state index contributed by atoms with van der Waals surface area (Å²) in [7, 11) is 1.48. The molecule has 1 fully saturated rings. The van der Waals surface area contributed by atoms with Gasteiger partial charge in [-0.15, -0.1) is 0 Å². The average molecular weight is 479 g/mol. The predicted octanol–water partition coefficient (Wildman–Crippen LogP) is 4.93. The average Bonchev–Trinajstić information content (AvgIpc) is 2.69. The Bertz CT molecular complexity index is 1110. The number of carbonyl (C=O) groups excluding carboxylic acids is 2. The number of aryl methyl sites for hydroxylation is 1. The summed E-state index contributed by atoms with van der Waals surface area (Å²) in [5.41, 5.74) is 1.69. The number of amides is 2. The van der Waals surface area contributed by atoms with Gasteiger partial charge in [-0.3, -0.25) is 19.8 Å². The van der Waals surface area contributed by atoms with Gasteiger partial charge in [0.05, 0.1) is 23.9 Å². The number of ether oxygens (including phenoxy) is 2. The van der Waals surface area contributed by atoms with Gasteiger partial charge >= 0.3 is 0 Å². The lowest BCUT2D eigenvalue weighted by Gasteiger charge is -2.29. The minimum Gasteiger partial charge on any atom is -0.493 e. The summed E-state index contributed by atoms with van der Waals surface area (Å²) in [6, 6.07) is 8.32. The summed E-state index contributed by atoms with van der Waals surface area (Å²) in [6.45, 7) is 5.58. The smallest absolute Gasteiger partial charge is 0.270 e. The fraction of sp³-hybridized carbons (Fsp3) is 0.227. The van der Waals surface area contributed by atoms with Crippen LogP contribution in [0.2, 0.25) is 10.0 Å². The standard InChI is InChI=1S/C22H20Cl2N2O4S/c1-11(2)30-19-17(24)8-13(9-18(19)29-4)7-15-20(27)25-22(31)26(21(15)28)14-6-5-12(3)16(23)10-14/h5-11H,1-4H3,(H,25,27,31)/b15-7+. The van der Waals surface area contributed by atoms with Crippen molar-refractivity contribution in [3.63, 3.8) is 0 Å². The highest BCUT2D eigenvalue weighted by Crippen LogP contribution is 2.38. The highest BCUT2D eigenvalue weighted by molar-refractivity contribution is 7.80. The SMILES string of the molecule is COc1cc(/C=C2\C(=O)NC(=S)N(c3ccc(C)c(Cl)c3)C2=O)cc(Cl)c1OC(C)C. The van der Waals surface area contributed by atoms with Crippen LogP contribution in [0.1, 0.15) is 25.0 Å². The fourth-order valence-corrected chi connectivity index (χ4v) is 3.67. The molecule has 0 aromatic heterocycles. The number of anilines is 1. The molecular weight excluding hydrogens is 459 g/mol. The van der Waals surface area contributed by atoms with Crippen LogP contribution in [0.5, 0.6) is 11.5 Å². The molecule has 2 aromatic rings. The topological polar surface area (TPSA) is 67.9 Å². The van der Waals surface area contributed by atoms with E-state index >= 15 is 0 Å². The summed E-state index contributed by atoms with van der Waals surface area (Å²) in [6.07, 6.45) is 1.31. The van der Waals surface area contributed by atoms with E-state index in [1.54, 1.807) is 30.3 Å². The van der Waals surface area contributed by atoms with Crippen LogP contribution in [0.15, 0.2) is 35.9 Å². The molecule has 0 saturated carbocycles. The summed E-state index contributed by atoms with van der Waals surface area (Å²) in [5.74, 6) is -0.416. The first kappa shape index (κ1) is 23.1. The Labute approximate surface area is 195 Å². The van der Waals surface area contributed by atoms with Crippen LogP contribution >= 0.6 is 35.4 Å². The van der Waals surface area contributed by atoms with Crippen LogP contribution in [0.3, 0.4) is 0 Å². The summed E-state index contributed by atoms with van der Waals surface area (Å²) < 4.78 is 11.1. The lowest BCUT2D eigenvalue weighted by molar-refractivity contribution is -0.122. The van der Waals surface area contributed by atoms with Crippen LogP contribution < -0.4 is 19.7 Å². The molecule has 3 rings (SSSR count). The molecule has 2 amide bonds. The lowest BCUT2D eigenvalue weighted by Crippen LogP contribution is -2.54. The van der Waals surface area contributed by atoms with Crippen molar-refractivity contribution in [2.24, 2.45) is 0 Å². The monoisotopic (exact) mass is 478 g/mol. The molecule has 162 valence electrons. The van der Waals surface area contributed by atoms with Gasteiger partial charge in [-0.1, -0.05) is 29.3 Å².